The van der Waals surface area contributed by atoms with E-state index in [2.05, 4.69) is 4.98 Å². The van der Waals surface area contributed by atoms with E-state index in [9.17, 15) is 19.5 Å². The molecule has 2 aromatic rings. The van der Waals surface area contributed by atoms with E-state index in [1.54, 1.807) is 24.3 Å². The van der Waals surface area contributed by atoms with Crippen LogP contribution in [0.25, 0.3) is 10.9 Å². The smallest absolute Gasteiger partial charge is 0.326 e. The third kappa shape index (κ3) is 2.94. The molecule has 23 heavy (non-hydrogen) atoms. The van der Waals surface area contributed by atoms with Gasteiger partial charge in [0.2, 0.25) is 5.91 Å². The van der Waals surface area contributed by atoms with Crippen LogP contribution < -0.4 is 5.56 Å². The van der Waals surface area contributed by atoms with E-state index in [4.69, 9.17) is 0 Å². The fourth-order valence-electron chi connectivity index (χ4n) is 2.94. The molecule has 0 aliphatic carbocycles. The highest BCUT2D eigenvalue weighted by Crippen LogP contribution is 2.17. The molecule has 0 radical (unpaired) electrons. The van der Waals surface area contributed by atoms with Gasteiger partial charge in [0.15, 0.2) is 0 Å². The summed E-state index contributed by atoms with van der Waals surface area (Å²) in [6.07, 6.45) is 3.35. The van der Waals surface area contributed by atoms with Gasteiger partial charge in [-0.05, 0) is 31.4 Å². The number of rotatable bonds is 3. The van der Waals surface area contributed by atoms with Crippen LogP contribution in [-0.2, 0) is 16.1 Å². The first-order valence-corrected chi connectivity index (χ1v) is 7.54. The summed E-state index contributed by atoms with van der Waals surface area (Å²) in [7, 11) is 0. The lowest BCUT2D eigenvalue weighted by Gasteiger charge is -2.33. The molecule has 1 fully saturated rings. The Labute approximate surface area is 132 Å². The van der Waals surface area contributed by atoms with Crippen molar-refractivity contribution in [3.05, 3.63) is 40.9 Å². The predicted octanol–water partition coefficient (Wildman–Crippen LogP) is 0.862. The van der Waals surface area contributed by atoms with Crippen molar-refractivity contribution >= 4 is 22.8 Å². The van der Waals surface area contributed by atoms with E-state index in [0.717, 1.165) is 12.8 Å². The van der Waals surface area contributed by atoms with Gasteiger partial charge in [-0.25, -0.2) is 9.78 Å². The number of amides is 1. The first-order valence-electron chi connectivity index (χ1n) is 7.54. The van der Waals surface area contributed by atoms with E-state index in [1.165, 1.54) is 15.8 Å². The molecule has 7 heteroatoms. The molecule has 0 bridgehead atoms. The van der Waals surface area contributed by atoms with Crippen LogP contribution in [0.5, 0.6) is 0 Å². The Hall–Kier alpha value is -2.70. The molecule has 0 spiro atoms. The quantitative estimate of drug-likeness (QED) is 0.907. The number of nitrogens with zero attached hydrogens (tertiary/aromatic N) is 3. The van der Waals surface area contributed by atoms with Crippen LogP contribution >= 0.6 is 0 Å². The second-order valence-corrected chi connectivity index (χ2v) is 5.63. The Morgan fingerprint density at radius 1 is 1.26 bits per heavy atom. The normalized spacial score (nSPS) is 18.1. The summed E-state index contributed by atoms with van der Waals surface area (Å²) in [6, 6.07) is 6.11. The van der Waals surface area contributed by atoms with Crippen molar-refractivity contribution in [1.29, 1.82) is 0 Å². The molecule has 1 aromatic carbocycles. The number of carbonyl (C=O) groups is 2. The van der Waals surface area contributed by atoms with Crippen LogP contribution in [0.1, 0.15) is 19.3 Å². The van der Waals surface area contributed by atoms with Gasteiger partial charge < -0.3 is 10.0 Å². The van der Waals surface area contributed by atoms with Gasteiger partial charge in [0.05, 0.1) is 17.2 Å². The van der Waals surface area contributed by atoms with E-state index >= 15 is 0 Å². The number of aromatic nitrogens is 2. The van der Waals surface area contributed by atoms with Crippen LogP contribution in [0.4, 0.5) is 0 Å². The zero-order chi connectivity index (χ0) is 16.4. The predicted molar refractivity (Wildman–Crippen MR) is 83.0 cm³/mol. The maximum atomic E-state index is 12.4. The second kappa shape index (κ2) is 6.20. The van der Waals surface area contributed by atoms with Crippen molar-refractivity contribution in [3.63, 3.8) is 0 Å². The number of hydrogen-bond donors (Lipinski definition) is 1. The molecule has 1 aromatic heterocycles. The first-order chi connectivity index (χ1) is 11.1. The third-order valence-electron chi connectivity index (χ3n) is 4.15. The summed E-state index contributed by atoms with van der Waals surface area (Å²) >= 11 is 0. The summed E-state index contributed by atoms with van der Waals surface area (Å²) in [5.74, 6) is -1.36. The molecule has 1 aliphatic rings. The fraction of sp³-hybridized carbons (Fsp3) is 0.375. The molecule has 120 valence electrons. The summed E-state index contributed by atoms with van der Waals surface area (Å²) in [5.41, 5.74) is 0.274. The topological polar surface area (TPSA) is 92.5 Å². The van der Waals surface area contributed by atoms with Gasteiger partial charge in [0.25, 0.3) is 5.56 Å². The van der Waals surface area contributed by atoms with Crippen LogP contribution in [0, 0.1) is 0 Å². The highest BCUT2D eigenvalue weighted by atomic mass is 16.4. The number of likely N-dealkylation sites (tertiary alicyclic amines) is 1. The minimum atomic E-state index is -0.998. The lowest BCUT2D eigenvalue weighted by molar-refractivity contribution is -0.152. The number of benzene rings is 1. The molecule has 1 N–H and O–H groups in total. The molecular formula is C16H17N3O4. The van der Waals surface area contributed by atoms with Crippen molar-refractivity contribution in [2.24, 2.45) is 0 Å². The minimum Gasteiger partial charge on any atom is -0.480 e. The number of carbonyl (C=O) groups excluding carboxylic acids is 1. The third-order valence-corrected chi connectivity index (χ3v) is 4.15. The summed E-state index contributed by atoms with van der Waals surface area (Å²) in [5, 5.41) is 9.69. The van der Waals surface area contributed by atoms with E-state index < -0.39 is 12.0 Å². The number of aliphatic carboxylic acids is 1. The Morgan fingerprint density at radius 3 is 2.83 bits per heavy atom. The Bertz CT molecular complexity index is 814. The average molecular weight is 315 g/mol. The number of carboxylic acid groups (broad SMARTS) is 1. The summed E-state index contributed by atoms with van der Waals surface area (Å²) in [6.45, 7) is 0.214. The highest BCUT2D eigenvalue weighted by molar-refractivity contribution is 5.84. The second-order valence-electron chi connectivity index (χ2n) is 5.63. The SMILES string of the molecule is O=C(O)C1CCCCN1C(=O)Cn1cnc2ccccc2c1=O. The molecular weight excluding hydrogens is 298 g/mol. The Morgan fingerprint density at radius 2 is 2.04 bits per heavy atom. The van der Waals surface area contributed by atoms with E-state index in [1.807, 2.05) is 0 Å². The molecule has 0 saturated carbocycles. The Balaban J connectivity index is 1.86. The standard InChI is InChI=1S/C16H17N3O4/c20-14(19-8-4-3-7-13(19)16(22)23)9-18-10-17-12-6-2-1-5-11(12)15(18)21/h1-2,5-6,10,13H,3-4,7-9H2,(H,22,23). The lowest BCUT2D eigenvalue weighted by atomic mass is 10.0. The van der Waals surface area contributed by atoms with Crippen LogP contribution in [0.3, 0.4) is 0 Å². The van der Waals surface area contributed by atoms with Gasteiger partial charge in [-0.2, -0.15) is 0 Å². The van der Waals surface area contributed by atoms with Gasteiger partial charge in [0, 0.05) is 6.54 Å². The zero-order valence-corrected chi connectivity index (χ0v) is 12.5. The molecule has 1 saturated heterocycles. The number of piperidine rings is 1. The van der Waals surface area contributed by atoms with Crippen molar-refractivity contribution in [1.82, 2.24) is 14.5 Å². The van der Waals surface area contributed by atoms with Gasteiger partial charge >= 0.3 is 5.97 Å². The number of carboxylic acids is 1. The van der Waals surface area contributed by atoms with Gasteiger partial charge in [-0.1, -0.05) is 12.1 Å². The molecule has 1 unspecified atom stereocenters. The number of fused-ring (bicyclic) bond motifs is 1. The van der Waals surface area contributed by atoms with Crippen LogP contribution in [-0.4, -0.2) is 44.0 Å². The zero-order valence-electron chi connectivity index (χ0n) is 12.5. The monoisotopic (exact) mass is 315 g/mol. The van der Waals surface area contributed by atoms with Crippen molar-refractivity contribution < 1.29 is 14.7 Å². The number of para-hydroxylation sites is 1. The Kier molecular flexibility index (Phi) is 4.10. The fourth-order valence-corrected chi connectivity index (χ4v) is 2.94. The largest absolute Gasteiger partial charge is 0.480 e. The summed E-state index contributed by atoms with van der Waals surface area (Å²) < 4.78 is 1.23. The highest BCUT2D eigenvalue weighted by Gasteiger charge is 2.31. The molecule has 7 nitrogen and oxygen atoms in total. The molecule has 3 rings (SSSR count). The van der Waals surface area contributed by atoms with Crippen molar-refractivity contribution in [3.8, 4) is 0 Å². The lowest BCUT2D eigenvalue weighted by Crippen LogP contribution is -2.49. The summed E-state index contributed by atoms with van der Waals surface area (Å²) in [4.78, 5) is 41.7. The van der Waals surface area contributed by atoms with Gasteiger partial charge in [0.1, 0.15) is 12.6 Å². The average Bonchev–Trinajstić information content (AvgIpc) is 2.57. The molecule has 1 atom stereocenters. The first kappa shape index (κ1) is 15.2. The van der Waals surface area contributed by atoms with Crippen LogP contribution in [0.15, 0.2) is 35.4 Å². The van der Waals surface area contributed by atoms with Crippen molar-refractivity contribution in [2.45, 2.75) is 31.8 Å². The molecule has 1 amide bonds. The van der Waals surface area contributed by atoms with Gasteiger partial charge in [-0.15, -0.1) is 0 Å². The maximum Gasteiger partial charge on any atom is 0.326 e. The minimum absolute atomic E-state index is 0.194. The van der Waals surface area contributed by atoms with Crippen molar-refractivity contribution in [2.75, 3.05) is 6.54 Å². The van der Waals surface area contributed by atoms with E-state index in [-0.39, 0.29) is 18.0 Å². The molecule has 2 heterocycles. The number of hydrogen-bond acceptors (Lipinski definition) is 4. The van der Waals surface area contributed by atoms with Gasteiger partial charge in [-0.3, -0.25) is 14.2 Å². The molecule has 1 aliphatic heterocycles. The van der Waals surface area contributed by atoms with Crippen LogP contribution in [0.2, 0.25) is 0 Å². The van der Waals surface area contributed by atoms with E-state index in [0.29, 0.717) is 23.9 Å². The maximum absolute atomic E-state index is 12.4.